The van der Waals surface area contributed by atoms with Crippen LogP contribution in [0.3, 0.4) is 0 Å². The molecule has 0 spiro atoms. The van der Waals surface area contributed by atoms with E-state index in [9.17, 15) is 0 Å². The van der Waals surface area contributed by atoms with Gasteiger partial charge >= 0.3 is 0 Å². The molecule has 0 bridgehead atoms. The van der Waals surface area contributed by atoms with Crippen LogP contribution in [0.1, 0.15) is 44.0 Å². The molecule has 0 unspecified atom stereocenters. The van der Waals surface area contributed by atoms with Crippen molar-refractivity contribution < 1.29 is 0 Å². The Kier molecular flexibility index (Phi) is 13.9. The van der Waals surface area contributed by atoms with Crippen molar-refractivity contribution in [1.29, 1.82) is 0 Å². The van der Waals surface area contributed by atoms with E-state index in [4.69, 9.17) is 0 Å². The largest absolute Gasteiger partial charge is 0.380 e. The van der Waals surface area contributed by atoms with Gasteiger partial charge in [-0.25, -0.2) is 0 Å². The minimum absolute atomic E-state index is 0.621. The lowest BCUT2D eigenvalue weighted by atomic mass is 10.1. The van der Waals surface area contributed by atoms with Crippen molar-refractivity contribution in [3.63, 3.8) is 0 Å². The highest BCUT2D eigenvalue weighted by Crippen LogP contribution is 2.25. The molecule has 6 heteroatoms. The van der Waals surface area contributed by atoms with Crippen LogP contribution in [0.25, 0.3) is 11.3 Å². The van der Waals surface area contributed by atoms with Crippen molar-refractivity contribution in [1.82, 2.24) is 15.3 Å². The molecular formula is C28H37N5S. The van der Waals surface area contributed by atoms with E-state index in [0.717, 1.165) is 50.0 Å². The molecular weight excluding hydrogens is 438 g/mol. The molecule has 0 radical (unpaired) electrons. The standard InChI is InChI=1S/C25H29N5S.C3H8/c1-7-9-27-13-18(2)17-31-24(16-26-6)21(5)29-14-22-11-19(3)25(30-15-22)23-8-10-28-20(4)12-23;1-3-2/h7-13,15-16,29H,1,5-6,14,17H2,2-4H3;3H2,1-2H3/b18-13+,24-16-,27-9?;. The average molecular weight is 476 g/mol. The first-order chi connectivity index (χ1) is 16.4. The van der Waals surface area contributed by atoms with Gasteiger partial charge in [0.25, 0.3) is 0 Å². The van der Waals surface area contributed by atoms with Gasteiger partial charge in [0, 0.05) is 65.2 Å². The fraction of sp³-hybridized carbons (Fsp3) is 0.286. The Morgan fingerprint density at radius 1 is 1.18 bits per heavy atom. The van der Waals surface area contributed by atoms with Crippen LogP contribution in [0.4, 0.5) is 0 Å². The average Bonchev–Trinajstić information content (AvgIpc) is 2.81. The number of aromatic nitrogens is 2. The van der Waals surface area contributed by atoms with Gasteiger partial charge in [0.05, 0.1) is 5.69 Å². The minimum atomic E-state index is 0.621. The minimum Gasteiger partial charge on any atom is -0.380 e. The zero-order valence-corrected chi connectivity index (χ0v) is 22.0. The number of nitrogens with one attached hydrogen (secondary N) is 1. The Labute approximate surface area is 209 Å². The molecule has 0 aliphatic carbocycles. The fourth-order valence-corrected chi connectivity index (χ4v) is 3.62. The molecule has 0 aliphatic rings. The molecule has 2 rings (SSSR count). The van der Waals surface area contributed by atoms with E-state index >= 15 is 0 Å². The third-order valence-electron chi connectivity index (χ3n) is 4.26. The van der Waals surface area contributed by atoms with Crippen molar-refractivity contribution in [3.8, 4) is 11.3 Å². The van der Waals surface area contributed by atoms with E-state index in [1.165, 1.54) is 6.42 Å². The van der Waals surface area contributed by atoms with Gasteiger partial charge in [-0.2, -0.15) is 0 Å². The van der Waals surface area contributed by atoms with Crippen molar-refractivity contribution in [2.75, 3.05) is 5.75 Å². The van der Waals surface area contributed by atoms with Crippen LogP contribution in [-0.2, 0) is 6.54 Å². The third kappa shape index (κ3) is 10.6. The molecule has 0 aromatic carbocycles. The SMILES string of the molecule is C=CC=N/C=C(\C)CS/C(=C\N=C)C(=C)NCc1cnc(-c2ccnc(C)c2)c(C)c1.CCC. The highest BCUT2D eigenvalue weighted by molar-refractivity contribution is 8.03. The van der Waals surface area contributed by atoms with Gasteiger partial charge in [0.15, 0.2) is 0 Å². The van der Waals surface area contributed by atoms with Crippen LogP contribution in [0.2, 0.25) is 0 Å². The summed E-state index contributed by atoms with van der Waals surface area (Å²) in [5.41, 5.74) is 7.16. The summed E-state index contributed by atoms with van der Waals surface area (Å²) < 4.78 is 0. The van der Waals surface area contributed by atoms with Gasteiger partial charge in [-0.15, -0.1) is 11.8 Å². The Morgan fingerprint density at radius 2 is 1.91 bits per heavy atom. The molecule has 2 heterocycles. The molecule has 1 N–H and O–H groups in total. The van der Waals surface area contributed by atoms with Crippen molar-refractivity contribution in [2.45, 2.75) is 47.6 Å². The first kappa shape index (κ1) is 28.8. The molecule has 34 heavy (non-hydrogen) atoms. The molecule has 0 fully saturated rings. The predicted molar refractivity (Wildman–Crippen MR) is 151 cm³/mol. The van der Waals surface area contributed by atoms with E-state index in [1.54, 1.807) is 30.3 Å². The molecule has 0 atom stereocenters. The zero-order valence-electron chi connectivity index (χ0n) is 21.1. The number of allylic oxidation sites excluding steroid dienone is 1. The monoisotopic (exact) mass is 475 g/mol. The number of nitrogens with zero attached hydrogens (tertiary/aromatic N) is 4. The van der Waals surface area contributed by atoms with E-state index in [2.05, 4.69) is 72.0 Å². The van der Waals surface area contributed by atoms with Crippen molar-refractivity contribution in [2.24, 2.45) is 9.98 Å². The maximum absolute atomic E-state index is 4.67. The Hall–Kier alpha value is -3.25. The Bertz CT molecular complexity index is 1050. The van der Waals surface area contributed by atoms with Gasteiger partial charge in [-0.1, -0.05) is 45.6 Å². The molecule has 2 aromatic rings. The fourth-order valence-electron chi connectivity index (χ4n) is 2.77. The first-order valence-corrected chi connectivity index (χ1v) is 12.2. The molecule has 0 amide bonds. The van der Waals surface area contributed by atoms with E-state index in [-0.39, 0.29) is 0 Å². The number of aryl methyl sites for hydroxylation is 2. The van der Waals surface area contributed by atoms with Gasteiger partial charge in [-0.3, -0.25) is 20.0 Å². The highest BCUT2D eigenvalue weighted by atomic mass is 32.2. The van der Waals surface area contributed by atoms with Crippen LogP contribution in [0.15, 0.2) is 88.4 Å². The number of aliphatic imine (C=N–C) groups is 2. The lowest BCUT2D eigenvalue weighted by Gasteiger charge is -2.14. The van der Waals surface area contributed by atoms with Crippen LogP contribution >= 0.6 is 11.8 Å². The van der Waals surface area contributed by atoms with Gasteiger partial charge in [0.1, 0.15) is 0 Å². The summed E-state index contributed by atoms with van der Waals surface area (Å²) in [5, 5.41) is 3.37. The van der Waals surface area contributed by atoms with Gasteiger partial charge in [-0.05, 0) is 56.3 Å². The summed E-state index contributed by atoms with van der Waals surface area (Å²) in [6.07, 6.45) is 11.8. The molecule has 0 saturated heterocycles. The summed E-state index contributed by atoms with van der Waals surface area (Å²) in [6, 6.07) is 6.17. The molecule has 0 aliphatic heterocycles. The van der Waals surface area contributed by atoms with Gasteiger partial charge < -0.3 is 5.32 Å². The van der Waals surface area contributed by atoms with Gasteiger partial charge in [0.2, 0.25) is 0 Å². The summed E-state index contributed by atoms with van der Waals surface area (Å²) in [7, 11) is 0. The van der Waals surface area contributed by atoms with E-state index in [1.807, 2.05) is 44.6 Å². The van der Waals surface area contributed by atoms with Crippen LogP contribution in [0, 0.1) is 13.8 Å². The first-order valence-electron chi connectivity index (χ1n) is 11.3. The molecule has 2 aromatic heterocycles. The van der Waals surface area contributed by atoms with E-state index in [0.29, 0.717) is 6.54 Å². The topological polar surface area (TPSA) is 62.5 Å². The lowest BCUT2D eigenvalue weighted by Crippen LogP contribution is -2.13. The predicted octanol–water partition coefficient (Wildman–Crippen LogP) is 7.22. The Balaban J connectivity index is 0.00000182. The van der Waals surface area contributed by atoms with Crippen LogP contribution in [0.5, 0.6) is 0 Å². The highest BCUT2D eigenvalue weighted by Gasteiger charge is 2.08. The zero-order chi connectivity index (χ0) is 25.3. The summed E-state index contributed by atoms with van der Waals surface area (Å²) in [4.78, 5) is 17.9. The maximum Gasteiger partial charge on any atom is 0.0732 e. The second-order valence-electron chi connectivity index (χ2n) is 7.71. The summed E-state index contributed by atoms with van der Waals surface area (Å²) in [6.45, 7) is 22.3. The number of hydrogen-bond acceptors (Lipinski definition) is 6. The molecule has 0 saturated carbocycles. The molecule has 180 valence electrons. The number of rotatable bonds is 11. The Morgan fingerprint density at radius 3 is 2.53 bits per heavy atom. The smallest absolute Gasteiger partial charge is 0.0732 e. The second-order valence-corrected chi connectivity index (χ2v) is 8.73. The molecule has 5 nitrogen and oxygen atoms in total. The normalized spacial score (nSPS) is 11.6. The summed E-state index contributed by atoms with van der Waals surface area (Å²) in [5.74, 6) is 0.775. The summed E-state index contributed by atoms with van der Waals surface area (Å²) >= 11 is 1.64. The van der Waals surface area contributed by atoms with Crippen molar-refractivity contribution >= 4 is 24.7 Å². The third-order valence-corrected chi connectivity index (χ3v) is 5.52. The number of hydrogen-bond donors (Lipinski definition) is 1. The lowest BCUT2D eigenvalue weighted by molar-refractivity contribution is 0.827. The quantitative estimate of drug-likeness (QED) is 0.275. The van der Waals surface area contributed by atoms with E-state index < -0.39 is 0 Å². The number of thioether (sulfide) groups is 1. The maximum atomic E-state index is 4.67. The number of pyridine rings is 2. The van der Waals surface area contributed by atoms with Crippen LogP contribution in [-0.4, -0.2) is 28.7 Å². The van der Waals surface area contributed by atoms with Crippen LogP contribution < -0.4 is 5.32 Å². The second kappa shape index (κ2) is 16.4. The van der Waals surface area contributed by atoms with Crippen molar-refractivity contribution in [3.05, 3.63) is 95.2 Å².